The van der Waals surface area contributed by atoms with Crippen LogP contribution in [-0.2, 0) is 4.79 Å². The molecule has 0 radical (unpaired) electrons. The van der Waals surface area contributed by atoms with E-state index in [2.05, 4.69) is 16.7 Å². The molecule has 2 N–H and O–H groups in total. The summed E-state index contributed by atoms with van der Waals surface area (Å²) >= 11 is 0. The third kappa shape index (κ3) is 2.55. The summed E-state index contributed by atoms with van der Waals surface area (Å²) in [6.07, 6.45) is 3.15. The molecule has 0 aromatic rings. The summed E-state index contributed by atoms with van der Waals surface area (Å²) < 4.78 is 0. The summed E-state index contributed by atoms with van der Waals surface area (Å²) in [5.74, 6) is -0.172. The monoisotopic (exact) mass is 236 g/mol. The third-order valence-corrected chi connectivity index (χ3v) is 3.11. The van der Waals surface area contributed by atoms with Crippen molar-refractivity contribution in [3.05, 3.63) is 12.2 Å². The number of piperazine rings is 1. The predicted molar refractivity (Wildman–Crippen MR) is 66.5 cm³/mol. The fraction of sp³-hybridized carbons (Fsp3) is 0.667. The minimum atomic E-state index is -1.14. The lowest BCUT2D eigenvalue weighted by Gasteiger charge is -2.40. The van der Waals surface area contributed by atoms with E-state index in [0.717, 1.165) is 13.1 Å². The Hall–Kier alpha value is -1.22. The molecule has 5 nitrogen and oxygen atoms in total. The van der Waals surface area contributed by atoms with E-state index in [1.165, 1.54) is 6.08 Å². The van der Waals surface area contributed by atoms with Gasteiger partial charge >= 0.3 is 0 Å². The Morgan fingerprint density at radius 3 is 2.65 bits per heavy atom. The van der Waals surface area contributed by atoms with Crippen molar-refractivity contribution < 1.29 is 4.79 Å². The summed E-state index contributed by atoms with van der Waals surface area (Å²) in [6, 6.07) is 2.00. The highest BCUT2D eigenvalue weighted by atomic mass is 16.1. The summed E-state index contributed by atoms with van der Waals surface area (Å²) in [5, 5.41) is 15.9. The highest BCUT2D eigenvalue weighted by Crippen LogP contribution is 2.20. The average molecular weight is 236 g/mol. The fourth-order valence-electron chi connectivity index (χ4n) is 2.16. The Labute approximate surface area is 102 Å². The molecule has 1 saturated heterocycles. The van der Waals surface area contributed by atoms with Crippen LogP contribution in [0.4, 0.5) is 0 Å². The molecule has 1 heterocycles. The second-order valence-corrected chi connectivity index (χ2v) is 4.35. The van der Waals surface area contributed by atoms with Crippen molar-refractivity contribution >= 4 is 5.78 Å². The zero-order chi connectivity index (χ0) is 12.9. The molecule has 94 valence electrons. The number of rotatable bonds is 4. The van der Waals surface area contributed by atoms with E-state index in [4.69, 9.17) is 0 Å². The number of allylic oxidation sites excluding steroid dienone is 1. The number of carbonyl (C=O) groups is 1. The molecule has 1 aliphatic heterocycles. The first-order chi connectivity index (χ1) is 8.09. The van der Waals surface area contributed by atoms with Crippen molar-refractivity contribution in [2.24, 2.45) is 0 Å². The Bertz CT molecular complexity index is 339. The van der Waals surface area contributed by atoms with Crippen LogP contribution in [0.2, 0.25) is 0 Å². The Kier molecular flexibility index (Phi) is 4.82. The lowest BCUT2D eigenvalue weighted by molar-refractivity contribution is -0.123. The highest BCUT2D eigenvalue weighted by molar-refractivity contribution is 6.01. The standard InChI is InChI=1S/C12H20N4O/c1-4-5-11(17)12(9-13,16(2)3)10-8-14-6-7-15-10/h4-5,10,14-15H,6-8H2,1-3H3/b5-4+. The number of hydrogen-bond acceptors (Lipinski definition) is 5. The van der Waals surface area contributed by atoms with E-state index < -0.39 is 5.54 Å². The van der Waals surface area contributed by atoms with Crippen molar-refractivity contribution in [3.63, 3.8) is 0 Å². The molecular formula is C12H20N4O. The Balaban J connectivity index is 3.08. The number of likely N-dealkylation sites (N-methyl/N-ethyl adjacent to an activating group) is 1. The molecule has 0 aromatic heterocycles. The molecule has 2 atom stereocenters. The summed E-state index contributed by atoms with van der Waals surface area (Å²) in [5.41, 5.74) is -1.14. The Morgan fingerprint density at radius 2 is 2.24 bits per heavy atom. The smallest absolute Gasteiger partial charge is 0.191 e. The normalized spacial score (nSPS) is 24.5. The highest BCUT2D eigenvalue weighted by Gasteiger charge is 2.47. The molecule has 0 aromatic carbocycles. The van der Waals surface area contributed by atoms with Crippen molar-refractivity contribution in [2.45, 2.75) is 18.5 Å². The van der Waals surface area contributed by atoms with E-state index >= 15 is 0 Å². The maximum Gasteiger partial charge on any atom is 0.191 e. The minimum Gasteiger partial charge on any atom is -0.314 e. The van der Waals surface area contributed by atoms with Gasteiger partial charge in [0.15, 0.2) is 11.3 Å². The molecule has 0 spiro atoms. The first-order valence-corrected chi connectivity index (χ1v) is 5.79. The van der Waals surface area contributed by atoms with E-state index in [1.807, 2.05) is 0 Å². The van der Waals surface area contributed by atoms with Gasteiger partial charge in [0, 0.05) is 19.6 Å². The van der Waals surface area contributed by atoms with Crippen LogP contribution in [0.5, 0.6) is 0 Å². The van der Waals surface area contributed by atoms with Crippen LogP contribution in [0.3, 0.4) is 0 Å². The van der Waals surface area contributed by atoms with E-state index in [9.17, 15) is 10.1 Å². The molecule has 0 saturated carbocycles. The average Bonchev–Trinajstić information content (AvgIpc) is 2.32. The van der Waals surface area contributed by atoms with Gasteiger partial charge in [-0.1, -0.05) is 6.08 Å². The van der Waals surface area contributed by atoms with Crippen molar-refractivity contribution in [3.8, 4) is 6.07 Å². The second-order valence-electron chi connectivity index (χ2n) is 4.35. The molecule has 5 heteroatoms. The zero-order valence-corrected chi connectivity index (χ0v) is 10.7. The van der Waals surface area contributed by atoms with Gasteiger partial charge in [0.25, 0.3) is 0 Å². The van der Waals surface area contributed by atoms with Crippen molar-refractivity contribution in [2.75, 3.05) is 33.7 Å². The number of nitriles is 1. The van der Waals surface area contributed by atoms with Gasteiger partial charge in [-0.25, -0.2) is 0 Å². The maximum absolute atomic E-state index is 12.2. The van der Waals surface area contributed by atoms with Gasteiger partial charge in [-0.3, -0.25) is 9.69 Å². The number of ketones is 1. The number of hydrogen-bond donors (Lipinski definition) is 2. The van der Waals surface area contributed by atoms with Crippen molar-refractivity contribution in [1.82, 2.24) is 15.5 Å². The lowest BCUT2D eigenvalue weighted by Crippen LogP contribution is -2.68. The van der Waals surface area contributed by atoms with Crippen LogP contribution >= 0.6 is 0 Å². The molecule has 2 unspecified atom stereocenters. The first kappa shape index (κ1) is 13.8. The van der Waals surface area contributed by atoms with Crippen LogP contribution in [-0.4, -0.2) is 56.0 Å². The van der Waals surface area contributed by atoms with Crippen LogP contribution in [0, 0.1) is 11.3 Å². The molecule has 1 aliphatic rings. The minimum absolute atomic E-state index is 0.172. The predicted octanol–water partition coefficient (Wildman–Crippen LogP) is -0.483. The Morgan fingerprint density at radius 1 is 1.53 bits per heavy atom. The van der Waals surface area contributed by atoms with Gasteiger partial charge in [-0.15, -0.1) is 0 Å². The van der Waals surface area contributed by atoms with Crippen molar-refractivity contribution in [1.29, 1.82) is 5.26 Å². The second kappa shape index (κ2) is 5.92. The molecule has 1 fully saturated rings. The topological polar surface area (TPSA) is 68.2 Å². The third-order valence-electron chi connectivity index (χ3n) is 3.11. The molecule has 0 bridgehead atoms. The quantitative estimate of drug-likeness (QED) is 0.645. The summed E-state index contributed by atoms with van der Waals surface area (Å²) in [7, 11) is 3.53. The molecule has 1 rings (SSSR count). The van der Waals surface area contributed by atoms with Crippen LogP contribution in [0.25, 0.3) is 0 Å². The molecular weight excluding hydrogens is 216 g/mol. The van der Waals surface area contributed by atoms with Gasteiger partial charge < -0.3 is 10.6 Å². The number of nitrogens with zero attached hydrogens (tertiary/aromatic N) is 2. The SMILES string of the molecule is C/C=C/C(=O)C(C#N)(C1CNCCN1)N(C)C. The van der Waals surface area contributed by atoms with Crippen LogP contribution in [0.1, 0.15) is 6.92 Å². The maximum atomic E-state index is 12.2. The van der Waals surface area contributed by atoms with Gasteiger partial charge in [0.1, 0.15) is 0 Å². The van der Waals surface area contributed by atoms with Gasteiger partial charge in [-0.2, -0.15) is 5.26 Å². The van der Waals surface area contributed by atoms with E-state index in [1.54, 1.807) is 32.0 Å². The van der Waals surface area contributed by atoms with Gasteiger partial charge in [0.2, 0.25) is 0 Å². The largest absolute Gasteiger partial charge is 0.314 e. The van der Waals surface area contributed by atoms with Crippen LogP contribution < -0.4 is 10.6 Å². The van der Waals surface area contributed by atoms with Gasteiger partial charge in [0.05, 0.1) is 12.1 Å². The lowest BCUT2D eigenvalue weighted by atomic mass is 9.84. The molecule has 0 aliphatic carbocycles. The van der Waals surface area contributed by atoms with Crippen LogP contribution in [0.15, 0.2) is 12.2 Å². The van der Waals surface area contributed by atoms with E-state index in [0.29, 0.717) is 6.54 Å². The number of nitrogens with one attached hydrogen (secondary N) is 2. The molecule has 17 heavy (non-hydrogen) atoms. The fourth-order valence-corrected chi connectivity index (χ4v) is 2.16. The summed E-state index contributed by atoms with van der Waals surface area (Å²) in [6.45, 7) is 4.03. The summed E-state index contributed by atoms with van der Waals surface area (Å²) in [4.78, 5) is 13.9. The first-order valence-electron chi connectivity index (χ1n) is 5.79. The zero-order valence-electron chi connectivity index (χ0n) is 10.7. The number of carbonyl (C=O) groups excluding carboxylic acids is 1. The molecule has 0 amide bonds. The van der Waals surface area contributed by atoms with E-state index in [-0.39, 0.29) is 11.8 Å². The van der Waals surface area contributed by atoms with Gasteiger partial charge in [-0.05, 0) is 27.1 Å².